The van der Waals surface area contributed by atoms with E-state index in [1.165, 1.54) is 37.7 Å². The molecule has 6 heteroatoms. The Kier molecular flexibility index (Phi) is 9.49. The predicted octanol–water partition coefficient (Wildman–Crippen LogP) is 12.1. The molecule has 0 radical (unpaired) electrons. The molecule has 0 saturated heterocycles. The van der Waals surface area contributed by atoms with E-state index in [-0.39, 0.29) is 5.41 Å². The largest absolute Gasteiger partial charge is 0.255 e. The number of aromatic nitrogens is 4. The Morgan fingerprint density at radius 2 is 1.04 bits per heavy atom. The Labute approximate surface area is 334 Å². The van der Waals surface area contributed by atoms with Crippen LogP contribution in [0.5, 0.6) is 0 Å². The summed E-state index contributed by atoms with van der Waals surface area (Å²) in [6.07, 6.45) is 8.16. The van der Waals surface area contributed by atoms with Crippen LogP contribution < -0.4 is 0 Å². The second-order valence-corrected chi connectivity index (χ2v) is 16.3. The zero-order chi connectivity index (χ0) is 38.9. The number of benzene rings is 5. The molecule has 2 saturated carbocycles. The third-order valence-electron chi connectivity index (χ3n) is 12.0. The van der Waals surface area contributed by atoms with Gasteiger partial charge in [-0.25, -0.2) is 15.0 Å². The lowest BCUT2D eigenvalue weighted by Gasteiger charge is -2.50. The van der Waals surface area contributed by atoms with Crippen LogP contribution in [0.25, 0.3) is 67.7 Å². The minimum Gasteiger partial charge on any atom is -0.255 e. The van der Waals surface area contributed by atoms with E-state index in [1.54, 1.807) is 6.20 Å². The van der Waals surface area contributed by atoms with Crippen molar-refractivity contribution in [1.82, 2.24) is 19.9 Å². The van der Waals surface area contributed by atoms with E-state index < -0.39 is 0 Å². The van der Waals surface area contributed by atoms with Crippen molar-refractivity contribution in [3.8, 4) is 79.8 Å². The molecule has 2 aliphatic rings. The summed E-state index contributed by atoms with van der Waals surface area (Å²) in [6.45, 7) is 4.88. The van der Waals surface area contributed by atoms with Crippen molar-refractivity contribution in [3.63, 3.8) is 0 Å². The van der Waals surface area contributed by atoms with Gasteiger partial charge >= 0.3 is 0 Å². The van der Waals surface area contributed by atoms with Crippen LogP contribution in [0.3, 0.4) is 0 Å². The number of nitrogens with zero attached hydrogens (tertiary/aromatic N) is 6. The average Bonchev–Trinajstić information content (AvgIpc) is 3.26. The molecular weight excluding hydrogens is 697 g/mol. The van der Waals surface area contributed by atoms with Gasteiger partial charge in [0.2, 0.25) is 0 Å². The highest BCUT2D eigenvalue weighted by molar-refractivity contribution is 5.80. The van der Waals surface area contributed by atoms with E-state index in [0.717, 1.165) is 68.0 Å². The molecule has 6 nitrogen and oxygen atoms in total. The van der Waals surface area contributed by atoms with Gasteiger partial charge in [0.1, 0.15) is 6.07 Å². The first-order valence-electron chi connectivity index (χ1n) is 19.9. The van der Waals surface area contributed by atoms with Gasteiger partial charge in [-0.05, 0) is 132 Å². The maximum Gasteiger partial charge on any atom is 0.164 e. The van der Waals surface area contributed by atoms with Gasteiger partial charge in [0.15, 0.2) is 17.5 Å². The zero-order valence-corrected chi connectivity index (χ0v) is 32.2. The van der Waals surface area contributed by atoms with Crippen molar-refractivity contribution in [1.29, 1.82) is 10.5 Å². The van der Waals surface area contributed by atoms with E-state index in [0.29, 0.717) is 28.6 Å². The number of fused-ring (bicyclic) bond motifs is 2. The Bertz CT molecular complexity index is 2630. The van der Waals surface area contributed by atoms with Gasteiger partial charge in [0, 0.05) is 28.5 Å². The van der Waals surface area contributed by atoms with Crippen LogP contribution in [0.2, 0.25) is 0 Å². The highest BCUT2D eigenvalue weighted by Crippen LogP contribution is 2.54. The first-order chi connectivity index (χ1) is 27.8. The van der Waals surface area contributed by atoms with Crippen LogP contribution in [0.1, 0.15) is 62.6 Å². The first-order valence-corrected chi connectivity index (χ1v) is 19.9. The SMILES string of the molecule is C[C@@H]1CC2C[C@H](C)CC(c3ccc(-c4cc(-c5ccc(C#N)cn5)cc(-c5nc(-c6ccccc6)nc(-c6cccc(-c7ccc(C#N)cc7)c6)n5)c4)cc3)(C2)C1. The van der Waals surface area contributed by atoms with E-state index in [2.05, 4.69) is 80.6 Å². The third-order valence-corrected chi connectivity index (χ3v) is 12.0. The van der Waals surface area contributed by atoms with Crippen molar-refractivity contribution in [3.05, 3.63) is 156 Å². The molecule has 0 aliphatic heterocycles. The predicted molar refractivity (Wildman–Crippen MR) is 226 cm³/mol. The molecular formula is C51H42N6. The van der Waals surface area contributed by atoms with Crippen molar-refractivity contribution in [2.45, 2.75) is 51.4 Å². The normalized spacial score (nSPS) is 20.0. The van der Waals surface area contributed by atoms with E-state index in [4.69, 9.17) is 19.9 Å². The van der Waals surface area contributed by atoms with Crippen LogP contribution in [0.4, 0.5) is 0 Å². The van der Waals surface area contributed by atoms with Gasteiger partial charge in [0.25, 0.3) is 0 Å². The highest BCUT2D eigenvalue weighted by atomic mass is 15.0. The highest BCUT2D eigenvalue weighted by Gasteiger charge is 2.45. The first kappa shape index (κ1) is 35.9. The molecule has 4 atom stereocenters. The summed E-state index contributed by atoms with van der Waals surface area (Å²) < 4.78 is 0. The van der Waals surface area contributed by atoms with Gasteiger partial charge < -0.3 is 0 Å². The molecule has 2 unspecified atom stereocenters. The molecule has 2 aromatic heterocycles. The minimum atomic E-state index is 0.254. The molecule has 5 aromatic carbocycles. The molecule has 2 heterocycles. The second kappa shape index (κ2) is 15.1. The van der Waals surface area contributed by atoms with Gasteiger partial charge in [-0.2, -0.15) is 10.5 Å². The third kappa shape index (κ3) is 7.35. The summed E-state index contributed by atoms with van der Waals surface area (Å²) in [6, 6.07) is 49.6. The summed E-state index contributed by atoms with van der Waals surface area (Å²) in [5.74, 6) is 4.00. The molecule has 57 heavy (non-hydrogen) atoms. The van der Waals surface area contributed by atoms with Crippen molar-refractivity contribution >= 4 is 0 Å². The van der Waals surface area contributed by atoms with Crippen molar-refractivity contribution < 1.29 is 0 Å². The number of nitriles is 2. The maximum absolute atomic E-state index is 9.50. The van der Waals surface area contributed by atoms with Crippen LogP contribution in [-0.2, 0) is 5.41 Å². The zero-order valence-electron chi connectivity index (χ0n) is 32.2. The smallest absolute Gasteiger partial charge is 0.164 e. The molecule has 7 aromatic rings. The lowest BCUT2D eigenvalue weighted by molar-refractivity contribution is 0.0780. The molecule has 276 valence electrons. The van der Waals surface area contributed by atoms with Gasteiger partial charge in [-0.1, -0.05) is 98.8 Å². The van der Waals surface area contributed by atoms with Crippen molar-refractivity contribution in [2.75, 3.05) is 0 Å². The van der Waals surface area contributed by atoms with Gasteiger partial charge in [0.05, 0.1) is 22.9 Å². The molecule has 0 N–H and O–H groups in total. The molecule has 2 fully saturated rings. The fraction of sp³-hybridized carbons (Fsp3) is 0.216. The molecule has 0 amide bonds. The van der Waals surface area contributed by atoms with Crippen LogP contribution >= 0.6 is 0 Å². The summed E-state index contributed by atoms with van der Waals surface area (Å²) >= 11 is 0. The standard InChI is InChI=1S/C51H42N6/c1-33-21-37-22-34(2)28-51(27-33,29-37)46-18-16-39(17-19-46)43-24-44(47-20-13-36(31-53)32-54-47)26-45(25-43)50-56-48(40-7-4-3-5-8-40)55-49(57-50)42-10-6-9-41(23-42)38-14-11-35(30-52)12-15-38/h3-20,23-26,32-34,37H,21-22,27-29H2,1-2H3/t33-,34+,37?,51?. The van der Waals surface area contributed by atoms with Gasteiger partial charge in [-0.3, -0.25) is 4.98 Å². The van der Waals surface area contributed by atoms with Gasteiger partial charge in [-0.15, -0.1) is 0 Å². The Hall–Kier alpha value is -6.76. The molecule has 0 spiro atoms. The quantitative estimate of drug-likeness (QED) is 0.161. The number of hydrogen-bond acceptors (Lipinski definition) is 6. The maximum atomic E-state index is 9.50. The van der Waals surface area contributed by atoms with Crippen molar-refractivity contribution in [2.24, 2.45) is 17.8 Å². The topological polar surface area (TPSA) is 99.1 Å². The monoisotopic (exact) mass is 738 g/mol. The Morgan fingerprint density at radius 1 is 0.491 bits per heavy atom. The lowest BCUT2D eigenvalue weighted by Crippen LogP contribution is -2.42. The minimum absolute atomic E-state index is 0.254. The van der Waals surface area contributed by atoms with Crippen LogP contribution in [0, 0.1) is 40.4 Å². The number of pyridine rings is 1. The Balaban J connectivity index is 1.17. The van der Waals surface area contributed by atoms with E-state index in [1.807, 2.05) is 78.9 Å². The number of rotatable bonds is 7. The lowest BCUT2D eigenvalue weighted by atomic mass is 9.54. The van der Waals surface area contributed by atoms with E-state index in [9.17, 15) is 10.5 Å². The average molecular weight is 739 g/mol. The fourth-order valence-corrected chi connectivity index (χ4v) is 9.70. The van der Waals surface area contributed by atoms with Crippen LogP contribution in [0.15, 0.2) is 140 Å². The number of hydrogen-bond donors (Lipinski definition) is 0. The summed E-state index contributed by atoms with van der Waals surface area (Å²) in [4.78, 5) is 20.0. The van der Waals surface area contributed by atoms with Crippen LogP contribution in [-0.4, -0.2) is 19.9 Å². The Morgan fingerprint density at radius 3 is 1.70 bits per heavy atom. The molecule has 9 rings (SSSR count). The summed E-state index contributed by atoms with van der Waals surface area (Å²) in [5.41, 5.74) is 11.3. The molecule has 2 bridgehead atoms. The summed E-state index contributed by atoms with van der Waals surface area (Å²) in [5, 5.41) is 18.8. The summed E-state index contributed by atoms with van der Waals surface area (Å²) in [7, 11) is 0. The molecule has 2 aliphatic carbocycles. The van der Waals surface area contributed by atoms with E-state index >= 15 is 0 Å². The fourth-order valence-electron chi connectivity index (χ4n) is 9.70. The second-order valence-electron chi connectivity index (χ2n) is 16.3.